The van der Waals surface area contributed by atoms with Crippen LogP contribution in [0.25, 0.3) is 21.3 Å². The molecule has 0 bridgehead atoms. The smallest absolute Gasteiger partial charge is 0.292 e. The quantitative estimate of drug-likeness (QED) is 0.302. The highest BCUT2D eigenvalue weighted by atomic mass is 32.2. The highest BCUT2D eigenvalue weighted by Crippen LogP contribution is 2.32. The van der Waals surface area contributed by atoms with Gasteiger partial charge in [-0.05, 0) is 24.3 Å². The Morgan fingerprint density at radius 3 is 2.46 bits per heavy atom. The second-order valence-electron chi connectivity index (χ2n) is 8.25. The molecule has 0 aliphatic heterocycles. The van der Waals surface area contributed by atoms with Crippen LogP contribution in [-0.4, -0.2) is 47.4 Å². The first-order chi connectivity index (χ1) is 17.5. The molecule has 0 amide bonds. The van der Waals surface area contributed by atoms with Gasteiger partial charge in [0.2, 0.25) is 14.2 Å². The van der Waals surface area contributed by atoms with Crippen molar-refractivity contribution < 1.29 is 16.8 Å². The van der Waals surface area contributed by atoms with Gasteiger partial charge in [0.05, 0.1) is 27.2 Å². The molecule has 0 radical (unpaired) electrons. The number of fused-ring (bicyclic) bond motifs is 3. The maximum absolute atomic E-state index is 13.0. The van der Waals surface area contributed by atoms with Gasteiger partial charge in [-0.25, -0.2) is 26.5 Å². The van der Waals surface area contributed by atoms with Gasteiger partial charge in [-0.3, -0.25) is 9.78 Å². The molecule has 5 aromatic rings. The molecular weight excluding hydrogens is 534 g/mol. The Kier molecular flexibility index (Phi) is 6.18. The monoisotopic (exact) mass is 553 g/mol. The van der Waals surface area contributed by atoms with Gasteiger partial charge in [-0.15, -0.1) is 11.3 Å². The summed E-state index contributed by atoms with van der Waals surface area (Å²) in [6.45, 7) is 0.0136. The van der Waals surface area contributed by atoms with Gasteiger partial charge >= 0.3 is 0 Å². The van der Waals surface area contributed by atoms with Crippen LogP contribution in [0.4, 0.5) is 0 Å². The van der Waals surface area contributed by atoms with E-state index in [0.717, 1.165) is 17.6 Å². The van der Waals surface area contributed by atoms with E-state index < -0.39 is 19.7 Å². The summed E-state index contributed by atoms with van der Waals surface area (Å²) in [6.07, 6.45) is 4.08. The topological polar surface area (TPSA) is 134 Å². The Morgan fingerprint density at radius 1 is 1.03 bits per heavy atom. The van der Waals surface area contributed by atoms with Crippen molar-refractivity contribution in [2.75, 3.05) is 6.26 Å². The SMILES string of the molecule is Cn1c2nc(S(C)(=O)=O)sc2c2cnn(CC#Cc3ccc(CS(=O)(=O)c4ccccc4)nc3)c(=O)c21. The molecule has 0 unspecified atom stereocenters. The highest BCUT2D eigenvalue weighted by molar-refractivity contribution is 7.92. The first kappa shape index (κ1) is 24.8. The average Bonchev–Trinajstić information content (AvgIpc) is 3.42. The lowest BCUT2D eigenvalue weighted by atomic mass is 10.2. The third-order valence-corrected chi connectivity index (χ3v) is 9.97. The molecule has 188 valence electrons. The van der Waals surface area contributed by atoms with Crippen molar-refractivity contribution in [3.8, 4) is 11.8 Å². The molecule has 0 N–H and O–H groups in total. The molecule has 0 fully saturated rings. The first-order valence-electron chi connectivity index (χ1n) is 10.8. The lowest BCUT2D eigenvalue weighted by molar-refractivity contribution is 0.594. The minimum Gasteiger partial charge on any atom is -0.323 e. The molecule has 0 saturated heterocycles. The number of nitrogens with zero attached hydrogens (tertiary/aromatic N) is 5. The van der Waals surface area contributed by atoms with Crippen molar-refractivity contribution in [1.29, 1.82) is 0 Å². The molecule has 37 heavy (non-hydrogen) atoms. The van der Waals surface area contributed by atoms with E-state index in [-0.39, 0.29) is 27.1 Å². The van der Waals surface area contributed by atoms with Crippen LogP contribution in [-0.2, 0) is 39.0 Å². The normalized spacial score (nSPS) is 12.1. The van der Waals surface area contributed by atoms with Gasteiger partial charge in [-0.2, -0.15) is 5.10 Å². The van der Waals surface area contributed by atoms with E-state index in [1.54, 1.807) is 54.1 Å². The van der Waals surface area contributed by atoms with E-state index in [9.17, 15) is 21.6 Å². The van der Waals surface area contributed by atoms with Gasteiger partial charge in [-0.1, -0.05) is 30.0 Å². The highest BCUT2D eigenvalue weighted by Gasteiger charge is 2.21. The van der Waals surface area contributed by atoms with Crippen molar-refractivity contribution in [2.24, 2.45) is 7.05 Å². The second-order valence-corrected chi connectivity index (χ2v) is 13.4. The van der Waals surface area contributed by atoms with Crippen molar-refractivity contribution in [1.82, 2.24) is 24.3 Å². The fraction of sp³-hybridized carbons (Fsp3) is 0.167. The zero-order chi connectivity index (χ0) is 26.4. The number of hydrogen-bond donors (Lipinski definition) is 0. The van der Waals surface area contributed by atoms with Gasteiger partial charge < -0.3 is 4.57 Å². The standard InChI is InChI=1S/C24H19N5O5S3/c1-28-20-19(21-22(28)27-24(35-21)36(2,31)32)14-26-29(23(20)30)12-6-7-16-10-11-17(25-13-16)15-37(33,34)18-8-4-3-5-9-18/h3-5,8-11,13-14H,12,15H2,1-2H3. The number of pyridine rings is 1. The molecule has 0 atom stereocenters. The molecule has 1 aromatic carbocycles. The Labute approximate surface area is 216 Å². The van der Waals surface area contributed by atoms with Crippen LogP contribution in [0.15, 0.2) is 68.9 Å². The number of aryl methyl sites for hydroxylation is 1. The molecular formula is C24H19N5O5S3. The number of benzene rings is 1. The zero-order valence-electron chi connectivity index (χ0n) is 19.6. The minimum atomic E-state index is -3.50. The molecule has 0 aliphatic rings. The molecule has 10 nitrogen and oxygen atoms in total. The summed E-state index contributed by atoms with van der Waals surface area (Å²) in [6, 6.07) is 11.5. The largest absolute Gasteiger partial charge is 0.323 e. The number of sulfone groups is 2. The fourth-order valence-electron chi connectivity index (χ4n) is 3.75. The third kappa shape index (κ3) is 4.78. The van der Waals surface area contributed by atoms with Crippen molar-refractivity contribution in [2.45, 2.75) is 21.5 Å². The van der Waals surface area contributed by atoms with Gasteiger partial charge in [0.15, 0.2) is 15.5 Å². The fourth-order valence-corrected chi connectivity index (χ4v) is 6.99. The Balaban J connectivity index is 1.36. The average molecular weight is 554 g/mol. The number of thiazole rings is 1. The third-order valence-electron chi connectivity index (χ3n) is 5.55. The minimum absolute atomic E-state index is 0.0117. The number of hydrogen-bond acceptors (Lipinski definition) is 9. The number of rotatable bonds is 5. The van der Waals surface area contributed by atoms with E-state index >= 15 is 0 Å². The zero-order valence-corrected chi connectivity index (χ0v) is 22.1. The molecule has 0 spiro atoms. The summed E-state index contributed by atoms with van der Waals surface area (Å²) in [5.74, 6) is 5.57. The van der Waals surface area contributed by atoms with Crippen molar-refractivity contribution in [3.05, 3.63) is 76.5 Å². The van der Waals surface area contributed by atoms with Crippen LogP contribution < -0.4 is 5.56 Å². The van der Waals surface area contributed by atoms with Crippen LogP contribution in [0.1, 0.15) is 11.3 Å². The van der Waals surface area contributed by atoms with E-state index in [1.165, 1.54) is 17.1 Å². The van der Waals surface area contributed by atoms with Crippen molar-refractivity contribution in [3.63, 3.8) is 0 Å². The van der Waals surface area contributed by atoms with E-state index in [4.69, 9.17) is 0 Å². The summed E-state index contributed by atoms with van der Waals surface area (Å²) in [4.78, 5) is 21.7. The van der Waals surface area contributed by atoms with E-state index in [2.05, 4.69) is 26.9 Å². The lowest BCUT2D eigenvalue weighted by Gasteiger charge is -2.04. The van der Waals surface area contributed by atoms with Gasteiger partial charge in [0.25, 0.3) is 5.56 Å². The molecule has 13 heteroatoms. The van der Waals surface area contributed by atoms with Crippen LogP contribution in [0, 0.1) is 11.8 Å². The second kappa shape index (κ2) is 9.22. The summed E-state index contributed by atoms with van der Waals surface area (Å²) in [7, 11) is -5.31. The molecule has 4 aromatic heterocycles. The van der Waals surface area contributed by atoms with Gasteiger partial charge in [0, 0.05) is 30.4 Å². The Bertz CT molecular complexity index is 2000. The summed E-state index contributed by atoms with van der Waals surface area (Å²) in [5, 5.41) is 4.72. The van der Waals surface area contributed by atoms with Crippen LogP contribution in [0.5, 0.6) is 0 Å². The predicted molar refractivity (Wildman–Crippen MR) is 140 cm³/mol. The van der Waals surface area contributed by atoms with E-state index in [1.807, 2.05) is 0 Å². The lowest BCUT2D eigenvalue weighted by Crippen LogP contribution is -2.23. The molecule has 0 aliphatic carbocycles. The molecule has 5 rings (SSSR count). The van der Waals surface area contributed by atoms with Gasteiger partial charge in [0.1, 0.15) is 12.1 Å². The molecule has 4 heterocycles. The first-order valence-corrected chi connectivity index (χ1v) is 15.2. The summed E-state index contributed by atoms with van der Waals surface area (Å²) >= 11 is 1.01. The Morgan fingerprint density at radius 2 is 1.78 bits per heavy atom. The van der Waals surface area contributed by atoms with Crippen LogP contribution in [0.2, 0.25) is 0 Å². The maximum atomic E-state index is 13.0. The molecule has 0 saturated carbocycles. The van der Waals surface area contributed by atoms with Crippen molar-refractivity contribution >= 4 is 52.3 Å². The maximum Gasteiger partial charge on any atom is 0.292 e. The summed E-state index contributed by atoms with van der Waals surface area (Å²) in [5.41, 5.74) is 1.35. The summed E-state index contributed by atoms with van der Waals surface area (Å²) < 4.78 is 52.1. The predicted octanol–water partition coefficient (Wildman–Crippen LogP) is 2.17. The van der Waals surface area contributed by atoms with E-state index in [0.29, 0.717) is 32.5 Å². The van der Waals surface area contributed by atoms with Crippen LogP contribution >= 0.6 is 11.3 Å². The Hall–Kier alpha value is -3.86. The van der Waals surface area contributed by atoms with Crippen LogP contribution in [0.3, 0.4) is 0 Å². The number of aromatic nitrogens is 5.